The van der Waals surface area contributed by atoms with Crippen LogP contribution in [0, 0.1) is 0 Å². The largest absolute Gasteiger partial charge is 0.494 e. The summed E-state index contributed by atoms with van der Waals surface area (Å²) in [4.78, 5) is 29.3. The van der Waals surface area contributed by atoms with Crippen LogP contribution in [0.3, 0.4) is 0 Å². The molecule has 0 bridgehead atoms. The lowest BCUT2D eigenvalue weighted by molar-refractivity contribution is 0.102. The third kappa shape index (κ3) is 5.00. The summed E-state index contributed by atoms with van der Waals surface area (Å²) in [5.74, 6) is 0.469. The Kier molecular flexibility index (Phi) is 6.43. The van der Waals surface area contributed by atoms with Gasteiger partial charge in [-0.1, -0.05) is 38.0 Å². The summed E-state index contributed by atoms with van der Waals surface area (Å²) in [6.45, 7) is 2.82. The third-order valence-corrected chi connectivity index (χ3v) is 5.53. The molecule has 1 N–H and O–H groups in total. The standard InChI is InChI=1S/C24H22N2O4S/c1-2-3-6-13-29-18-11-9-16(10-12-18)22(27)26-24-25-20(15-31-24)19-14-17-7-4-5-8-21(17)30-23(19)28/h4-5,7-12,14-15H,2-3,6,13H2,1H3,(H,25,26,27). The Labute approximate surface area is 183 Å². The highest BCUT2D eigenvalue weighted by Crippen LogP contribution is 2.25. The van der Waals surface area contributed by atoms with Gasteiger partial charge in [-0.25, -0.2) is 9.78 Å². The number of amides is 1. The molecule has 158 valence electrons. The highest BCUT2D eigenvalue weighted by atomic mass is 32.1. The number of thiazole rings is 1. The van der Waals surface area contributed by atoms with Gasteiger partial charge in [0, 0.05) is 16.3 Å². The van der Waals surface area contributed by atoms with E-state index in [2.05, 4.69) is 17.2 Å². The number of carbonyl (C=O) groups is 1. The van der Waals surface area contributed by atoms with Crippen LogP contribution in [-0.4, -0.2) is 17.5 Å². The number of ether oxygens (including phenoxy) is 1. The van der Waals surface area contributed by atoms with E-state index in [9.17, 15) is 9.59 Å². The molecule has 0 saturated carbocycles. The zero-order chi connectivity index (χ0) is 21.6. The van der Waals surface area contributed by atoms with Crippen LogP contribution in [0.1, 0.15) is 36.5 Å². The van der Waals surface area contributed by atoms with Crippen molar-refractivity contribution in [1.29, 1.82) is 0 Å². The monoisotopic (exact) mass is 434 g/mol. The average molecular weight is 435 g/mol. The van der Waals surface area contributed by atoms with E-state index in [1.807, 2.05) is 18.2 Å². The van der Waals surface area contributed by atoms with E-state index in [1.165, 1.54) is 11.3 Å². The number of para-hydroxylation sites is 1. The van der Waals surface area contributed by atoms with E-state index >= 15 is 0 Å². The second kappa shape index (κ2) is 9.57. The molecule has 31 heavy (non-hydrogen) atoms. The summed E-state index contributed by atoms with van der Waals surface area (Å²) in [5.41, 5.74) is 1.40. The quantitative estimate of drug-likeness (QED) is 0.283. The molecule has 0 aliphatic heterocycles. The molecule has 2 aromatic carbocycles. The molecule has 0 aliphatic carbocycles. The third-order valence-electron chi connectivity index (χ3n) is 4.78. The fraction of sp³-hybridized carbons (Fsp3) is 0.208. The summed E-state index contributed by atoms with van der Waals surface area (Å²) in [7, 11) is 0. The molecule has 0 atom stereocenters. The lowest BCUT2D eigenvalue weighted by atomic mass is 10.1. The van der Waals surface area contributed by atoms with Gasteiger partial charge in [0.05, 0.1) is 17.9 Å². The van der Waals surface area contributed by atoms with Crippen molar-refractivity contribution in [2.45, 2.75) is 26.2 Å². The molecular formula is C24H22N2O4S. The van der Waals surface area contributed by atoms with Crippen molar-refractivity contribution in [3.63, 3.8) is 0 Å². The van der Waals surface area contributed by atoms with Gasteiger partial charge >= 0.3 is 5.63 Å². The maximum atomic E-state index is 12.5. The van der Waals surface area contributed by atoms with Crippen molar-refractivity contribution in [1.82, 2.24) is 4.98 Å². The van der Waals surface area contributed by atoms with Crippen molar-refractivity contribution < 1.29 is 13.9 Å². The topological polar surface area (TPSA) is 81.4 Å². The number of carbonyl (C=O) groups excluding carboxylic acids is 1. The smallest absolute Gasteiger partial charge is 0.345 e. The SMILES string of the molecule is CCCCCOc1ccc(C(=O)Nc2nc(-c3cc4ccccc4oc3=O)cs2)cc1. The van der Waals surface area contributed by atoms with E-state index in [1.54, 1.807) is 41.8 Å². The number of aromatic nitrogens is 1. The molecule has 0 radical (unpaired) electrons. The van der Waals surface area contributed by atoms with Gasteiger partial charge in [0.2, 0.25) is 0 Å². The van der Waals surface area contributed by atoms with Gasteiger partial charge in [-0.05, 0) is 42.8 Å². The number of benzene rings is 2. The van der Waals surface area contributed by atoms with Crippen LogP contribution in [0.2, 0.25) is 0 Å². The first kappa shape index (κ1) is 20.8. The molecule has 6 nitrogen and oxygen atoms in total. The van der Waals surface area contributed by atoms with E-state index in [4.69, 9.17) is 9.15 Å². The number of anilines is 1. The molecule has 0 saturated heterocycles. The predicted molar refractivity (Wildman–Crippen MR) is 123 cm³/mol. The molecule has 0 spiro atoms. The van der Waals surface area contributed by atoms with Gasteiger partial charge in [-0.15, -0.1) is 11.3 Å². The summed E-state index contributed by atoms with van der Waals surface area (Å²) < 4.78 is 11.0. The first-order chi connectivity index (χ1) is 15.1. The van der Waals surface area contributed by atoms with Gasteiger partial charge in [-0.3, -0.25) is 10.1 Å². The average Bonchev–Trinajstić information content (AvgIpc) is 3.24. The van der Waals surface area contributed by atoms with E-state index in [0.717, 1.165) is 30.4 Å². The van der Waals surface area contributed by atoms with Crippen LogP contribution in [0.4, 0.5) is 5.13 Å². The summed E-state index contributed by atoms with van der Waals surface area (Å²) in [5, 5.41) is 5.73. The van der Waals surface area contributed by atoms with E-state index in [0.29, 0.717) is 34.1 Å². The summed E-state index contributed by atoms with van der Waals surface area (Å²) >= 11 is 1.25. The van der Waals surface area contributed by atoms with Crippen molar-refractivity contribution in [3.05, 3.63) is 76.0 Å². The molecule has 1 amide bonds. The Morgan fingerprint density at radius 3 is 2.74 bits per heavy atom. The van der Waals surface area contributed by atoms with Gasteiger partial charge < -0.3 is 9.15 Å². The highest BCUT2D eigenvalue weighted by molar-refractivity contribution is 7.14. The minimum atomic E-state index is -0.462. The molecule has 4 aromatic rings. The Bertz CT molecular complexity index is 1240. The Morgan fingerprint density at radius 2 is 1.94 bits per heavy atom. The van der Waals surface area contributed by atoms with Gasteiger partial charge in [0.15, 0.2) is 5.13 Å². The van der Waals surface area contributed by atoms with Gasteiger partial charge in [0.1, 0.15) is 11.3 Å². The summed E-state index contributed by atoms with van der Waals surface area (Å²) in [6, 6.07) is 16.1. The Hall–Kier alpha value is -3.45. The number of nitrogens with zero attached hydrogens (tertiary/aromatic N) is 1. The second-order valence-electron chi connectivity index (χ2n) is 7.06. The lowest BCUT2D eigenvalue weighted by Crippen LogP contribution is -2.11. The maximum Gasteiger partial charge on any atom is 0.345 e. The molecule has 0 unspecified atom stereocenters. The van der Waals surface area contributed by atoms with Crippen LogP contribution >= 0.6 is 11.3 Å². The molecular weight excluding hydrogens is 412 g/mol. The van der Waals surface area contributed by atoms with Crippen molar-refractivity contribution in [2.24, 2.45) is 0 Å². The number of unbranched alkanes of at least 4 members (excludes halogenated alkanes) is 2. The molecule has 2 aromatic heterocycles. The number of hydrogen-bond acceptors (Lipinski definition) is 6. The van der Waals surface area contributed by atoms with Crippen LogP contribution in [-0.2, 0) is 0 Å². The number of nitrogens with one attached hydrogen (secondary N) is 1. The Morgan fingerprint density at radius 1 is 1.13 bits per heavy atom. The van der Waals surface area contributed by atoms with Crippen LogP contribution in [0.15, 0.2) is 69.2 Å². The highest BCUT2D eigenvalue weighted by Gasteiger charge is 2.14. The van der Waals surface area contributed by atoms with Gasteiger partial charge in [0.25, 0.3) is 5.91 Å². The van der Waals surface area contributed by atoms with Crippen LogP contribution in [0.25, 0.3) is 22.2 Å². The number of rotatable bonds is 8. The molecule has 0 aliphatic rings. The Balaban J connectivity index is 1.44. The molecule has 4 rings (SSSR count). The predicted octanol–water partition coefficient (Wildman–Crippen LogP) is 5.74. The van der Waals surface area contributed by atoms with Crippen molar-refractivity contribution >= 4 is 33.3 Å². The fourth-order valence-corrected chi connectivity index (χ4v) is 3.81. The summed E-state index contributed by atoms with van der Waals surface area (Å²) in [6.07, 6.45) is 3.30. The van der Waals surface area contributed by atoms with Gasteiger partial charge in [-0.2, -0.15) is 0 Å². The van der Waals surface area contributed by atoms with E-state index in [-0.39, 0.29) is 5.91 Å². The molecule has 7 heteroatoms. The number of fused-ring (bicyclic) bond motifs is 1. The first-order valence-electron chi connectivity index (χ1n) is 10.2. The van der Waals surface area contributed by atoms with Crippen LogP contribution in [0.5, 0.6) is 5.75 Å². The zero-order valence-corrected chi connectivity index (χ0v) is 17.9. The van der Waals surface area contributed by atoms with Crippen LogP contribution < -0.4 is 15.7 Å². The molecule has 2 heterocycles. The second-order valence-corrected chi connectivity index (χ2v) is 7.92. The minimum Gasteiger partial charge on any atom is -0.494 e. The fourth-order valence-electron chi connectivity index (χ4n) is 3.11. The maximum absolute atomic E-state index is 12.5. The van der Waals surface area contributed by atoms with Crippen molar-refractivity contribution in [2.75, 3.05) is 11.9 Å². The van der Waals surface area contributed by atoms with E-state index < -0.39 is 5.63 Å². The normalized spacial score (nSPS) is 10.9. The zero-order valence-electron chi connectivity index (χ0n) is 17.1. The lowest BCUT2D eigenvalue weighted by Gasteiger charge is -2.07. The minimum absolute atomic E-state index is 0.274. The first-order valence-corrected chi connectivity index (χ1v) is 11.0. The van der Waals surface area contributed by atoms with Crippen molar-refractivity contribution in [3.8, 4) is 17.0 Å². The molecule has 0 fully saturated rings. The number of hydrogen-bond donors (Lipinski definition) is 1.